The minimum Gasteiger partial charge on any atom is -0.748 e. The standard InChI is InChI=1S/2C13H18NO2.CH4O4S.CH4O3S/c2*1-11(15)12-3-5-13(6-4-12)14(2)7-9-16-10-8-14;1-5-6(2,3)4;1-5(2,3)4/h2*3-6H,7-10H2,1-2H3;1H3,(H,2,3,4);1H3,(H,2,3,4)/q2*+1;;/p-2. The molecule has 2 heterocycles. The van der Waals surface area contributed by atoms with Gasteiger partial charge in [-0.2, -0.15) is 0 Å². The average Bonchev–Trinajstić information content (AvgIpc) is 2.93. The van der Waals surface area contributed by atoms with Crippen molar-refractivity contribution in [3.8, 4) is 0 Å². The zero-order valence-corrected chi connectivity index (χ0v) is 27.1. The first-order valence-electron chi connectivity index (χ1n) is 13.3. The summed E-state index contributed by atoms with van der Waals surface area (Å²) in [6.45, 7) is 10.4. The van der Waals surface area contributed by atoms with Crippen LogP contribution in [0.4, 0.5) is 11.4 Å². The highest BCUT2D eigenvalue weighted by Crippen LogP contribution is 2.24. The molecule has 4 rings (SSSR count). The summed E-state index contributed by atoms with van der Waals surface area (Å²) in [7, 11) is -3.09. The largest absolute Gasteiger partial charge is 0.748 e. The SMILES string of the molecule is CC(=O)c1ccc([N+]2(C)CCOCC2)cc1.CC(=O)c1ccc([N+]2(C)CCOCC2)cc1.COS(=O)(=O)[O-].CS(=O)(=O)[O-]. The molecule has 0 aromatic heterocycles. The quantitative estimate of drug-likeness (QED) is 0.201. The van der Waals surface area contributed by atoms with Crippen molar-refractivity contribution in [1.29, 1.82) is 0 Å². The Morgan fingerprint density at radius 1 is 0.674 bits per heavy atom. The van der Waals surface area contributed by atoms with Gasteiger partial charge in [0.15, 0.2) is 11.6 Å². The molecule has 0 radical (unpaired) electrons. The average molecular weight is 647 g/mol. The first-order valence-corrected chi connectivity index (χ1v) is 16.4. The first kappa shape index (κ1) is 38.4. The third-order valence-electron chi connectivity index (χ3n) is 6.92. The molecule has 0 aliphatic carbocycles. The molecular formula is C28H42N2O11S2. The maximum Gasteiger partial charge on any atom is 0.217 e. The van der Waals surface area contributed by atoms with Crippen molar-refractivity contribution >= 4 is 43.5 Å². The molecule has 15 heteroatoms. The predicted molar refractivity (Wildman–Crippen MR) is 162 cm³/mol. The lowest BCUT2D eigenvalue weighted by Gasteiger charge is -2.37. The van der Waals surface area contributed by atoms with Crippen molar-refractivity contribution in [3.63, 3.8) is 0 Å². The minimum absolute atomic E-state index is 0.121. The van der Waals surface area contributed by atoms with Crippen LogP contribution in [0.3, 0.4) is 0 Å². The minimum atomic E-state index is -4.41. The van der Waals surface area contributed by atoms with Crippen LogP contribution in [0.1, 0.15) is 34.6 Å². The van der Waals surface area contributed by atoms with Gasteiger partial charge >= 0.3 is 0 Å². The zero-order valence-electron chi connectivity index (χ0n) is 25.5. The van der Waals surface area contributed by atoms with Gasteiger partial charge in [-0.25, -0.2) is 16.8 Å². The molecule has 43 heavy (non-hydrogen) atoms. The molecule has 2 aliphatic rings. The Morgan fingerprint density at radius 3 is 1.09 bits per heavy atom. The van der Waals surface area contributed by atoms with E-state index in [9.17, 15) is 22.6 Å². The number of morpholine rings is 2. The number of quaternary nitrogens is 2. The van der Waals surface area contributed by atoms with E-state index >= 15 is 0 Å². The number of ether oxygens (including phenoxy) is 2. The van der Waals surface area contributed by atoms with Gasteiger partial charge in [-0.15, -0.1) is 0 Å². The highest BCUT2D eigenvalue weighted by atomic mass is 32.3. The number of likely N-dealkylation sites (N-methyl/N-ethyl adjacent to an activating group) is 2. The van der Waals surface area contributed by atoms with E-state index in [1.165, 1.54) is 11.4 Å². The fourth-order valence-electron chi connectivity index (χ4n) is 4.12. The zero-order chi connectivity index (χ0) is 32.9. The monoisotopic (exact) mass is 646 g/mol. The van der Waals surface area contributed by atoms with Gasteiger partial charge in [0.1, 0.15) is 37.6 Å². The summed E-state index contributed by atoms with van der Waals surface area (Å²) < 4.78 is 70.8. The second-order valence-corrected chi connectivity index (χ2v) is 13.0. The van der Waals surface area contributed by atoms with Crippen LogP contribution < -0.4 is 8.97 Å². The van der Waals surface area contributed by atoms with Gasteiger partial charge in [0, 0.05) is 17.4 Å². The maximum atomic E-state index is 11.2. The number of Topliss-reactive ketones (excluding diaryl/α,β-unsaturated/α-hetero) is 2. The summed E-state index contributed by atoms with van der Waals surface area (Å²) in [6, 6.07) is 15.9. The van der Waals surface area contributed by atoms with Crippen molar-refractivity contribution in [2.24, 2.45) is 0 Å². The van der Waals surface area contributed by atoms with Crippen LogP contribution in [-0.4, -0.2) is 118 Å². The number of hydrogen-bond acceptors (Lipinski definition) is 11. The maximum absolute atomic E-state index is 11.2. The Kier molecular flexibility index (Phi) is 15.2. The van der Waals surface area contributed by atoms with Crippen LogP contribution in [0.5, 0.6) is 0 Å². The Morgan fingerprint density at radius 2 is 0.907 bits per heavy atom. The lowest BCUT2D eigenvalue weighted by molar-refractivity contribution is 0.0525. The molecule has 0 amide bonds. The lowest BCUT2D eigenvalue weighted by Crippen LogP contribution is -2.53. The van der Waals surface area contributed by atoms with E-state index in [2.05, 4.69) is 42.5 Å². The Hall–Kier alpha value is -2.60. The fourth-order valence-corrected chi connectivity index (χ4v) is 4.12. The highest BCUT2D eigenvalue weighted by molar-refractivity contribution is 7.84. The summed E-state index contributed by atoms with van der Waals surface area (Å²) >= 11 is 0. The molecule has 242 valence electrons. The van der Waals surface area contributed by atoms with E-state index in [1.807, 2.05) is 24.3 Å². The second kappa shape index (κ2) is 17.0. The van der Waals surface area contributed by atoms with Crippen LogP contribution >= 0.6 is 0 Å². The predicted octanol–water partition coefficient (Wildman–Crippen LogP) is 1.97. The van der Waals surface area contributed by atoms with E-state index in [0.717, 1.165) is 79.8 Å². The van der Waals surface area contributed by atoms with E-state index in [-0.39, 0.29) is 11.6 Å². The van der Waals surface area contributed by atoms with Crippen molar-refractivity contribution in [2.75, 3.05) is 80.1 Å². The van der Waals surface area contributed by atoms with Gasteiger partial charge in [-0.05, 0) is 62.4 Å². The molecule has 0 atom stereocenters. The number of benzene rings is 2. The van der Waals surface area contributed by atoms with Crippen molar-refractivity contribution < 1.29 is 49.2 Å². The molecule has 0 spiro atoms. The van der Waals surface area contributed by atoms with Crippen LogP contribution in [-0.2, 0) is 34.2 Å². The third-order valence-corrected chi connectivity index (χ3v) is 7.32. The van der Waals surface area contributed by atoms with Crippen LogP contribution in [0.2, 0.25) is 0 Å². The molecule has 2 saturated heterocycles. The van der Waals surface area contributed by atoms with Gasteiger partial charge in [-0.1, -0.05) is 0 Å². The molecular weight excluding hydrogens is 604 g/mol. The molecule has 13 nitrogen and oxygen atoms in total. The van der Waals surface area contributed by atoms with E-state index in [0.29, 0.717) is 6.26 Å². The normalized spacial score (nSPS) is 17.4. The van der Waals surface area contributed by atoms with Gasteiger partial charge in [0.05, 0.1) is 57.8 Å². The molecule has 0 bridgehead atoms. The second-order valence-electron chi connectivity index (χ2n) is 10.4. The molecule has 2 fully saturated rings. The number of rotatable bonds is 5. The smallest absolute Gasteiger partial charge is 0.217 e. The number of hydrogen-bond donors (Lipinski definition) is 0. The first-order chi connectivity index (χ1) is 19.8. The molecule has 0 saturated carbocycles. The van der Waals surface area contributed by atoms with Crippen LogP contribution in [0.25, 0.3) is 0 Å². The number of nitrogens with zero attached hydrogens (tertiary/aromatic N) is 2. The summed E-state index contributed by atoms with van der Waals surface area (Å²) in [4.78, 5) is 22.4. The Labute approximate surface area is 254 Å². The molecule has 0 unspecified atom stereocenters. The summed E-state index contributed by atoms with van der Waals surface area (Å²) in [6.07, 6.45) is 0.604. The third kappa shape index (κ3) is 15.1. The molecule has 2 aromatic carbocycles. The molecule has 0 N–H and O–H groups in total. The van der Waals surface area contributed by atoms with Crippen LogP contribution in [0, 0.1) is 0 Å². The van der Waals surface area contributed by atoms with Gasteiger partial charge in [-0.3, -0.25) is 22.7 Å². The van der Waals surface area contributed by atoms with Crippen molar-refractivity contribution in [2.45, 2.75) is 13.8 Å². The van der Waals surface area contributed by atoms with E-state index in [1.54, 1.807) is 13.8 Å². The van der Waals surface area contributed by atoms with Crippen molar-refractivity contribution in [1.82, 2.24) is 8.97 Å². The Bertz CT molecular complexity index is 1300. The van der Waals surface area contributed by atoms with Gasteiger partial charge in [0.25, 0.3) is 0 Å². The lowest BCUT2D eigenvalue weighted by atomic mass is 10.1. The van der Waals surface area contributed by atoms with E-state index < -0.39 is 20.5 Å². The van der Waals surface area contributed by atoms with Crippen molar-refractivity contribution in [3.05, 3.63) is 59.7 Å². The Balaban J connectivity index is 0.000000322. The topological polar surface area (TPSA) is 176 Å². The summed E-state index contributed by atoms with van der Waals surface area (Å²) in [5, 5.41) is 0. The summed E-state index contributed by atoms with van der Waals surface area (Å²) in [5.41, 5.74) is 4.08. The van der Waals surface area contributed by atoms with Gasteiger partial charge < -0.3 is 18.6 Å². The molecule has 2 aromatic rings. The summed E-state index contributed by atoms with van der Waals surface area (Å²) in [5.74, 6) is 0.243. The van der Waals surface area contributed by atoms with Gasteiger partial charge in [0.2, 0.25) is 10.4 Å². The van der Waals surface area contributed by atoms with E-state index in [4.69, 9.17) is 22.4 Å². The highest BCUT2D eigenvalue weighted by Gasteiger charge is 2.28. The van der Waals surface area contributed by atoms with Crippen LogP contribution in [0.15, 0.2) is 48.5 Å². The fraction of sp³-hybridized carbons (Fsp3) is 0.500. The molecule has 2 aliphatic heterocycles. The number of carbonyl (C=O) groups is 2. The number of ketones is 2. The number of carbonyl (C=O) groups excluding carboxylic acids is 2.